The molecule has 0 spiro atoms. The first-order valence-electron chi connectivity index (χ1n) is 5.62. The minimum absolute atomic E-state index is 0.175. The van der Waals surface area contributed by atoms with Crippen molar-refractivity contribution in [1.29, 1.82) is 0 Å². The molecule has 2 nitrogen and oxygen atoms in total. The van der Waals surface area contributed by atoms with E-state index in [0.29, 0.717) is 11.5 Å². The van der Waals surface area contributed by atoms with E-state index in [-0.39, 0.29) is 5.76 Å². The summed E-state index contributed by atoms with van der Waals surface area (Å²) in [5.41, 5.74) is 1.45. The van der Waals surface area contributed by atoms with E-state index in [2.05, 4.69) is 4.98 Å². The number of nitrogens with zero attached hydrogens (tertiary/aromatic N) is 1. The van der Waals surface area contributed by atoms with Crippen LogP contribution < -0.4 is 0 Å². The summed E-state index contributed by atoms with van der Waals surface area (Å²) in [6.45, 7) is 0. The molecule has 0 bridgehead atoms. The van der Waals surface area contributed by atoms with Crippen LogP contribution in [0.5, 0.6) is 0 Å². The molecule has 0 fully saturated rings. The molecule has 0 amide bonds. The highest BCUT2D eigenvalue weighted by Gasteiger charge is 2.15. The van der Waals surface area contributed by atoms with Crippen LogP contribution in [0.4, 0.5) is 4.39 Å². The van der Waals surface area contributed by atoms with E-state index in [1.165, 1.54) is 0 Å². The van der Waals surface area contributed by atoms with Crippen LogP contribution >= 0.6 is 0 Å². The fourth-order valence-corrected chi connectivity index (χ4v) is 1.77. The molecule has 2 aromatic carbocycles. The first kappa shape index (κ1) is 10.7. The Bertz CT molecular complexity index is 647. The van der Waals surface area contributed by atoms with Crippen LogP contribution in [0, 0.1) is 5.95 Å². The third-order valence-electron chi connectivity index (χ3n) is 2.64. The summed E-state index contributed by atoms with van der Waals surface area (Å²) < 4.78 is 19.3. The molecular weight excluding hydrogens is 229 g/mol. The lowest BCUT2D eigenvalue weighted by atomic mass is 10.2. The fraction of sp³-hybridized carbons (Fsp3) is 0. The lowest BCUT2D eigenvalue weighted by Gasteiger charge is -1.95. The molecule has 0 unspecified atom stereocenters. The van der Waals surface area contributed by atoms with Gasteiger partial charge in [0.1, 0.15) is 0 Å². The zero-order chi connectivity index (χ0) is 12.4. The lowest BCUT2D eigenvalue weighted by molar-refractivity contribution is 0.555. The molecule has 0 aliphatic carbocycles. The van der Waals surface area contributed by atoms with Crippen molar-refractivity contribution in [2.75, 3.05) is 0 Å². The van der Waals surface area contributed by atoms with E-state index in [0.717, 1.165) is 5.56 Å². The highest BCUT2D eigenvalue weighted by atomic mass is 19.1. The average molecular weight is 239 g/mol. The van der Waals surface area contributed by atoms with Crippen LogP contribution in [0.25, 0.3) is 22.8 Å². The van der Waals surface area contributed by atoms with Gasteiger partial charge in [0, 0.05) is 11.1 Å². The minimum Gasteiger partial charge on any atom is -0.433 e. The third-order valence-corrected chi connectivity index (χ3v) is 2.64. The molecule has 0 radical (unpaired) electrons. The largest absolute Gasteiger partial charge is 0.433 e. The highest BCUT2D eigenvalue weighted by Crippen LogP contribution is 2.28. The maximum atomic E-state index is 13.8. The molecule has 3 rings (SSSR count). The SMILES string of the molecule is Fc1nc(-c2ccccc2)oc1-c1ccccc1. The van der Waals surface area contributed by atoms with E-state index >= 15 is 0 Å². The fourth-order valence-electron chi connectivity index (χ4n) is 1.77. The second kappa shape index (κ2) is 4.45. The van der Waals surface area contributed by atoms with Gasteiger partial charge >= 0.3 is 0 Å². The predicted molar refractivity (Wildman–Crippen MR) is 67.3 cm³/mol. The van der Waals surface area contributed by atoms with Gasteiger partial charge in [-0.1, -0.05) is 48.5 Å². The Morgan fingerprint density at radius 1 is 0.778 bits per heavy atom. The monoisotopic (exact) mass is 239 g/mol. The summed E-state index contributed by atoms with van der Waals surface area (Å²) in [5, 5.41) is 0. The number of aromatic nitrogens is 1. The van der Waals surface area contributed by atoms with E-state index < -0.39 is 5.95 Å². The highest BCUT2D eigenvalue weighted by molar-refractivity contribution is 5.61. The maximum absolute atomic E-state index is 13.8. The van der Waals surface area contributed by atoms with Gasteiger partial charge in [-0.05, 0) is 12.1 Å². The van der Waals surface area contributed by atoms with Crippen LogP contribution in [-0.2, 0) is 0 Å². The molecule has 3 heteroatoms. The van der Waals surface area contributed by atoms with Crippen molar-refractivity contribution < 1.29 is 8.81 Å². The van der Waals surface area contributed by atoms with E-state index in [1.54, 1.807) is 12.1 Å². The van der Waals surface area contributed by atoms with Gasteiger partial charge in [-0.25, -0.2) is 0 Å². The van der Waals surface area contributed by atoms with E-state index in [9.17, 15) is 4.39 Å². The first-order chi connectivity index (χ1) is 8.84. The molecule has 18 heavy (non-hydrogen) atoms. The van der Waals surface area contributed by atoms with Crippen molar-refractivity contribution >= 4 is 0 Å². The first-order valence-corrected chi connectivity index (χ1v) is 5.62. The zero-order valence-electron chi connectivity index (χ0n) is 9.51. The van der Waals surface area contributed by atoms with Crippen molar-refractivity contribution in [3.05, 3.63) is 66.6 Å². The number of oxazole rings is 1. The van der Waals surface area contributed by atoms with Crippen LogP contribution in [0.2, 0.25) is 0 Å². The van der Waals surface area contributed by atoms with E-state index in [1.807, 2.05) is 48.5 Å². The smallest absolute Gasteiger partial charge is 0.259 e. The number of rotatable bonds is 2. The van der Waals surface area contributed by atoms with Gasteiger partial charge in [0.05, 0.1) is 0 Å². The molecule has 0 aliphatic heterocycles. The van der Waals surface area contributed by atoms with Crippen molar-refractivity contribution in [2.24, 2.45) is 0 Å². The summed E-state index contributed by atoms with van der Waals surface area (Å²) in [5.74, 6) is -0.110. The summed E-state index contributed by atoms with van der Waals surface area (Å²) in [6.07, 6.45) is 0. The maximum Gasteiger partial charge on any atom is 0.259 e. The summed E-state index contributed by atoms with van der Waals surface area (Å²) >= 11 is 0. The lowest BCUT2D eigenvalue weighted by Crippen LogP contribution is -1.78. The number of hydrogen-bond acceptors (Lipinski definition) is 2. The van der Waals surface area contributed by atoms with Gasteiger partial charge in [0.25, 0.3) is 5.95 Å². The van der Waals surface area contributed by atoms with Gasteiger partial charge in [0.15, 0.2) is 5.76 Å². The Hall–Kier alpha value is -2.42. The molecule has 0 atom stereocenters. The Kier molecular flexibility index (Phi) is 2.65. The predicted octanol–water partition coefficient (Wildman–Crippen LogP) is 4.15. The Morgan fingerprint density at radius 3 is 1.94 bits per heavy atom. The number of hydrogen-bond donors (Lipinski definition) is 0. The van der Waals surface area contributed by atoms with Gasteiger partial charge in [0.2, 0.25) is 5.89 Å². The molecule has 3 aromatic rings. The Morgan fingerprint density at radius 2 is 1.33 bits per heavy atom. The summed E-state index contributed by atoms with van der Waals surface area (Å²) in [6, 6.07) is 18.4. The van der Waals surface area contributed by atoms with Gasteiger partial charge in [-0.2, -0.15) is 9.37 Å². The van der Waals surface area contributed by atoms with E-state index in [4.69, 9.17) is 4.42 Å². The molecular formula is C15H10FNO. The van der Waals surface area contributed by atoms with Crippen LogP contribution in [0.3, 0.4) is 0 Å². The zero-order valence-corrected chi connectivity index (χ0v) is 9.51. The van der Waals surface area contributed by atoms with Gasteiger partial charge < -0.3 is 4.42 Å². The molecule has 0 N–H and O–H groups in total. The summed E-state index contributed by atoms with van der Waals surface area (Å²) in [4.78, 5) is 3.82. The Labute approximate surface area is 104 Å². The second-order valence-electron chi connectivity index (χ2n) is 3.87. The van der Waals surface area contributed by atoms with Crippen molar-refractivity contribution in [3.8, 4) is 22.8 Å². The van der Waals surface area contributed by atoms with Crippen LogP contribution in [0.1, 0.15) is 0 Å². The molecule has 88 valence electrons. The van der Waals surface area contributed by atoms with Gasteiger partial charge in [-0.15, -0.1) is 0 Å². The normalized spacial score (nSPS) is 10.5. The van der Waals surface area contributed by atoms with Gasteiger partial charge in [-0.3, -0.25) is 0 Å². The summed E-state index contributed by atoms with van der Waals surface area (Å²) in [7, 11) is 0. The minimum atomic E-state index is -0.583. The number of benzene rings is 2. The standard InChI is InChI=1S/C15H10FNO/c16-14-13(11-7-3-1-4-8-11)18-15(17-14)12-9-5-2-6-10-12/h1-10H. The topological polar surface area (TPSA) is 26.0 Å². The molecule has 0 saturated heterocycles. The molecule has 0 saturated carbocycles. The van der Waals surface area contributed by atoms with Crippen molar-refractivity contribution in [1.82, 2.24) is 4.98 Å². The second-order valence-corrected chi connectivity index (χ2v) is 3.87. The average Bonchev–Trinajstić information content (AvgIpc) is 2.83. The number of halogens is 1. The third kappa shape index (κ3) is 1.91. The molecule has 0 aliphatic rings. The molecule has 1 aromatic heterocycles. The van der Waals surface area contributed by atoms with Crippen molar-refractivity contribution in [2.45, 2.75) is 0 Å². The van der Waals surface area contributed by atoms with Crippen LogP contribution in [-0.4, -0.2) is 4.98 Å². The molecule has 1 heterocycles. The quantitative estimate of drug-likeness (QED) is 0.671. The Balaban J connectivity index is 2.07. The van der Waals surface area contributed by atoms with Crippen LogP contribution in [0.15, 0.2) is 65.1 Å². The van der Waals surface area contributed by atoms with Crippen molar-refractivity contribution in [3.63, 3.8) is 0 Å².